The Hall–Kier alpha value is -1.82. The first-order valence-corrected chi connectivity index (χ1v) is 9.76. The molecule has 0 saturated carbocycles. The number of sulfone groups is 1. The Labute approximate surface area is 143 Å². The summed E-state index contributed by atoms with van der Waals surface area (Å²) in [4.78, 5) is 12.3. The average molecular weight is 352 g/mol. The maximum atomic E-state index is 12.4. The maximum absolute atomic E-state index is 12.4. The van der Waals surface area contributed by atoms with E-state index >= 15 is 0 Å². The standard InChI is InChI=1S/C18H24O5S/c1-14(18(19)23-12-15-6-4-3-5-7-15)13-24(20,21)17-10-8-16(22-2)9-11-17/h3-4,8-11,14-15H,5-7,12-13H2,1-2H3/t14-,15-/m0/s1. The summed E-state index contributed by atoms with van der Waals surface area (Å²) in [6.07, 6.45) is 7.14. The van der Waals surface area contributed by atoms with Crippen molar-refractivity contribution in [3.05, 3.63) is 36.4 Å². The van der Waals surface area contributed by atoms with Crippen molar-refractivity contribution >= 4 is 15.8 Å². The molecule has 0 amide bonds. The molecule has 0 saturated heterocycles. The van der Waals surface area contributed by atoms with Gasteiger partial charge in [-0.05, 0) is 49.4 Å². The van der Waals surface area contributed by atoms with Crippen LogP contribution in [0.1, 0.15) is 26.2 Å². The molecule has 0 aromatic heterocycles. The van der Waals surface area contributed by atoms with Gasteiger partial charge >= 0.3 is 5.97 Å². The first kappa shape index (κ1) is 18.5. The van der Waals surface area contributed by atoms with Crippen LogP contribution in [-0.4, -0.2) is 33.9 Å². The summed E-state index contributed by atoms with van der Waals surface area (Å²) < 4.78 is 35.1. The lowest BCUT2D eigenvalue weighted by atomic mass is 9.95. The highest BCUT2D eigenvalue weighted by atomic mass is 32.2. The van der Waals surface area contributed by atoms with Crippen molar-refractivity contribution in [1.82, 2.24) is 0 Å². The summed E-state index contributed by atoms with van der Waals surface area (Å²) in [5.74, 6) is -0.493. The van der Waals surface area contributed by atoms with Crippen LogP contribution in [-0.2, 0) is 19.4 Å². The van der Waals surface area contributed by atoms with Crippen LogP contribution in [0.2, 0.25) is 0 Å². The lowest BCUT2D eigenvalue weighted by molar-refractivity contribution is -0.148. The SMILES string of the molecule is COc1ccc(S(=O)(=O)C[C@H](C)C(=O)OC[C@H]2CC=CCC2)cc1. The third kappa shape index (κ3) is 5.09. The van der Waals surface area contributed by atoms with Gasteiger partial charge in [0.1, 0.15) is 5.75 Å². The molecule has 2 rings (SSSR count). The first-order valence-electron chi connectivity index (χ1n) is 8.11. The summed E-state index contributed by atoms with van der Waals surface area (Å²) in [6, 6.07) is 6.15. The predicted molar refractivity (Wildman–Crippen MR) is 91.7 cm³/mol. The van der Waals surface area contributed by atoms with Gasteiger partial charge in [0.2, 0.25) is 0 Å². The van der Waals surface area contributed by atoms with E-state index in [9.17, 15) is 13.2 Å². The van der Waals surface area contributed by atoms with Gasteiger partial charge in [0.15, 0.2) is 9.84 Å². The number of benzene rings is 1. The van der Waals surface area contributed by atoms with Gasteiger partial charge in [-0.25, -0.2) is 8.42 Å². The van der Waals surface area contributed by atoms with Crippen molar-refractivity contribution in [2.45, 2.75) is 31.1 Å². The zero-order chi connectivity index (χ0) is 17.6. The highest BCUT2D eigenvalue weighted by molar-refractivity contribution is 7.91. The molecule has 1 aromatic rings. The van der Waals surface area contributed by atoms with Crippen LogP contribution in [0.3, 0.4) is 0 Å². The van der Waals surface area contributed by atoms with Crippen LogP contribution in [0.5, 0.6) is 5.75 Å². The zero-order valence-electron chi connectivity index (χ0n) is 14.1. The van der Waals surface area contributed by atoms with Crippen LogP contribution >= 0.6 is 0 Å². The Morgan fingerprint density at radius 2 is 1.96 bits per heavy atom. The highest BCUT2D eigenvalue weighted by Crippen LogP contribution is 2.21. The Morgan fingerprint density at radius 1 is 1.25 bits per heavy atom. The summed E-state index contributed by atoms with van der Waals surface area (Å²) >= 11 is 0. The van der Waals surface area contributed by atoms with Crippen molar-refractivity contribution in [2.75, 3.05) is 19.5 Å². The van der Waals surface area contributed by atoms with Crippen molar-refractivity contribution < 1.29 is 22.7 Å². The van der Waals surface area contributed by atoms with Gasteiger partial charge in [0.05, 0.1) is 30.3 Å². The molecule has 1 aliphatic carbocycles. The topological polar surface area (TPSA) is 69.7 Å². The molecule has 1 aromatic carbocycles. The Bertz CT molecular complexity index is 676. The molecule has 0 radical (unpaired) electrons. The van der Waals surface area contributed by atoms with E-state index in [4.69, 9.17) is 9.47 Å². The van der Waals surface area contributed by atoms with Crippen LogP contribution in [0.4, 0.5) is 0 Å². The lowest BCUT2D eigenvalue weighted by Crippen LogP contribution is -2.25. The maximum Gasteiger partial charge on any atom is 0.309 e. The Balaban J connectivity index is 1.89. The molecular weight excluding hydrogens is 328 g/mol. The fraction of sp³-hybridized carbons (Fsp3) is 0.500. The third-order valence-electron chi connectivity index (χ3n) is 4.13. The van der Waals surface area contributed by atoms with E-state index in [-0.39, 0.29) is 10.6 Å². The Kier molecular flexibility index (Phi) is 6.43. The molecule has 6 heteroatoms. The number of hydrogen-bond donors (Lipinski definition) is 0. The second-order valence-corrected chi connectivity index (χ2v) is 8.17. The monoisotopic (exact) mass is 352 g/mol. The molecule has 5 nitrogen and oxygen atoms in total. The molecule has 24 heavy (non-hydrogen) atoms. The quantitative estimate of drug-likeness (QED) is 0.557. The summed E-state index contributed by atoms with van der Waals surface area (Å²) in [5, 5.41) is 0. The minimum Gasteiger partial charge on any atom is -0.497 e. The largest absolute Gasteiger partial charge is 0.497 e. The molecule has 0 N–H and O–H groups in total. The number of esters is 1. The molecule has 0 aliphatic heterocycles. The van der Waals surface area contributed by atoms with Crippen molar-refractivity contribution in [2.24, 2.45) is 11.8 Å². The smallest absolute Gasteiger partial charge is 0.309 e. The van der Waals surface area contributed by atoms with E-state index < -0.39 is 21.7 Å². The number of methoxy groups -OCH3 is 1. The average Bonchev–Trinajstić information content (AvgIpc) is 2.60. The van der Waals surface area contributed by atoms with E-state index in [2.05, 4.69) is 12.2 Å². The van der Waals surface area contributed by atoms with Gasteiger partial charge in [-0.2, -0.15) is 0 Å². The van der Waals surface area contributed by atoms with Gasteiger partial charge < -0.3 is 9.47 Å². The second kappa shape index (κ2) is 8.33. The first-order chi connectivity index (χ1) is 11.4. The minimum absolute atomic E-state index is 0.181. The van der Waals surface area contributed by atoms with Crippen LogP contribution < -0.4 is 4.74 Å². The number of hydrogen-bond acceptors (Lipinski definition) is 5. The normalized spacial score (nSPS) is 18.8. The molecule has 2 atom stereocenters. The fourth-order valence-corrected chi connectivity index (χ4v) is 4.16. The summed E-state index contributed by atoms with van der Waals surface area (Å²) in [5.41, 5.74) is 0. The van der Waals surface area contributed by atoms with E-state index in [1.54, 1.807) is 19.1 Å². The van der Waals surface area contributed by atoms with Gasteiger partial charge in [0.25, 0.3) is 0 Å². The predicted octanol–water partition coefficient (Wildman–Crippen LogP) is 3.00. The van der Waals surface area contributed by atoms with E-state index in [1.165, 1.54) is 19.2 Å². The summed E-state index contributed by atoms with van der Waals surface area (Å²) in [7, 11) is -2.02. The highest BCUT2D eigenvalue weighted by Gasteiger charge is 2.25. The van der Waals surface area contributed by atoms with Crippen molar-refractivity contribution in [1.29, 1.82) is 0 Å². The Morgan fingerprint density at radius 3 is 2.54 bits per heavy atom. The molecular formula is C18H24O5S. The molecule has 1 aliphatic rings. The van der Waals surface area contributed by atoms with Crippen molar-refractivity contribution in [3.8, 4) is 5.75 Å². The second-order valence-electron chi connectivity index (χ2n) is 6.14. The molecule has 0 fully saturated rings. The van der Waals surface area contributed by atoms with E-state index in [0.717, 1.165) is 19.3 Å². The van der Waals surface area contributed by atoms with Gasteiger partial charge in [-0.15, -0.1) is 0 Å². The van der Waals surface area contributed by atoms with E-state index in [1.807, 2.05) is 0 Å². The lowest BCUT2D eigenvalue weighted by Gasteiger charge is -2.19. The number of ether oxygens (including phenoxy) is 2. The third-order valence-corrected chi connectivity index (χ3v) is 6.06. The molecule has 0 unspecified atom stereocenters. The molecule has 0 spiro atoms. The number of carbonyl (C=O) groups excluding carboxylic acids is 1. The molecule has 0 heterocycles. The number of carbonyl (C=O) groups is 1. The fourth-order valence-electron chi connectivity index (χ4n) is 2.63. The zero-order valence-corrected chi connectivity index (χ0v) is 14.9. The van der Waals surface area contributed by atoms with Crippen molar-refractivity contribution in [3.63, 3.8) is 0 Å². The minimum atomic E-state index is -3.54. The van der Waals surface area contributed by atoms with E-state index in [0.29, 0.717) is 18.3 Å². The van der Waals surface area contributed by atoms with Gasteiger partial charge in [0, 0.05) is 0 Å². The number of allylic oxidation sites excluding steroid dienone is 2. The van der Waals surface area contributed by atoms with Crippen LogP contribution in [0.25, 0.3) is 0 Å². The van der Waals surface area contributed by atoms with Gasteiger partial charge in [-0.3, -0.25) is 4.79 Å². The number of rotatable bonds is 7. The van der Waals surface area contributed by atoms with Gasteiger partial charge in [-0.1, -0.05) is 19.1 Å². The molecule has 0 bridgehead atoms. The van der Waals surface area contributed by atoms with Crippen LogP contribution in [0, 0.1) is 11.8 Å². The molecule has 132 valence electrons. The summed E-state index contributed by atoms with van der Waals surface area (Å²) in [6.45, 7) is 1.94. The van der Waals surface area contributed by atoms with Crippen LogP contribution in [0.15, 0.2) is 41.3 Å².